The van der Waals surface area contributed by atoms with Crippen molar-refractivity contribution in [3.8, 4) is 0 Å². The zero-order valence-electron chi connectivity index (χ0n) is 7.08. The summed E-state index contributed by atoms with van der Waals surface area (Å²) in [5, 5.41) is 18.0. The van der Waals surface area contributed by atoms with E-state index in [1.165, 1.54) is 0 Å². The van der Waals surface area contributed by atoms with E-state index in [9.17, 15) is 13.5 Å². The van der Waals surface area contributed by atoms with Crippen LogP contribution in [0.15, 0.2) is 0 Å². The fourth-order valence-corrected chi connectivity index (χ4v) is 1.74. The first-order valence-corrected chi connectivity index (χ1v) is 5.54. The minimum Gasteiger partial charge on any atom is -0.394 e. The maximum absolute atomic E-state index is 10.7. The summed E-state index contributed by atoms with van der Waals surface area (Å²) in [6.07, 6.45) is -1.87. The smallest absolute Gasteiger partial charge is 0.264 e. The molecule has 0 saturated carbocycles. The molecule has 7 heteroatoms. The van der Waals surface area contributed by atoms with Gasteiger partial charge in [0.2, 0.25) is 0 Å². The third kappa shape index (κ3) is 2.89. The molecule has 1 saturated heterocycles. The predicted molar refractivity (Wildman–Crippen MR) is 42.5 cm³/mol. The van der Waals surface area contributed by atoms with E-state index in [1.54, 1.807) is 0 Å². The van der Waals surface area contributed by atoms with Crippen molar-refractivity contribution in [1.82, 2.24) is 0 Å². The van der Waals surface area contributed by atoms with Crippen molar-refractivity contribution in [3.05, 3.63) is 0 Å². The Hall–Kier alpha value is -0.210. The van der Waals surface area contributed by atoms with Crippen molar-refractivity contribution < 1.29 is 27.6 Å². The van der Waals surface area contributed by atoms with Crippen LogP contribution in [0.2, 0.25) is 0 Å². The molecule has 1 heterocycles. The van der Waals surface area contributed by atoms with Gasteiger partial charge in [0.25, 0.3) is 10.1 Å². The highest BCUT2D eigenvalue weighted by Crippen LogP contribution is 2.18. The molecule has 3 unspecified atom stereocenters. The molecule has 2 N–H and O–H groups in total. The molecule has 0 aliphatic carbocycles. The Morgan fingerprint density at radius 3 is 2.62 bits per heavy atom. The average molecular weight is 212 g/mol. The Labute approximate surface area is 76.2 Å². The predicted octanol–water partition coefficient (Wildman–Crippen LogP) is -1.92. The first-order chi connectivity index (χ1) is 5.94. The molecule has 1 rings (SSSR count). The number of aliphatic hydroxyl groups is 2. The molecule has 0 amide bonds. The number of ether oxygens (including phenoxy) is 1. The lowest BCUT2D eigenvalue weighted by Crippen LogP contribution is -2.35. The van der Waals surface area contributed by atoms with Gasteiger partial charge in [-0.1, -0.05) is 0 Å². The Balaban J connectivity index is 2.55. The second kappa shape index (κ2) is 3.89. The van der Waals surface area contributed by atoms with Gasteiger partial charge in [0.05, 0.1) is 19.5 Å². The molecule has 78 valence electrons. The van der Waals surface area contributed by atoms with Crippen LogP contribution < -0.4 is 0 Å². The summed E-state index contributed by atoms with van der Waals surface area (Å²) in [6, 6.07) is 0. The summed E-state index contributed by atoms with van der Waals surface area (Å²) in [5.74, 6) is 0. The van der Waals surface area contributed by atoms with Crippen LogP contribution in [0.4, 0.5) is 0 Å². The minimum absolute atomic E-state index is 0.0283. The van der Waals surface area contributed by atoms with E-state index >= 15 is 0 Å². The summed E-state index contributed by atoms with van der Waals surface area (Å²) in [4.78, 5) is 0. The first-order valence-electron chi connectivity index (χ1n) is 3.73. The quantitative estimate of drug-likeness (QED) is 0.530. The summed E-state index contributed by atoms with van der Waals surface area (Å²) in [5.41, 5.74) is 0. The molecule has 6 nitrogen and oxygen atoms in total. The van der Waals surface area contributed by atoms with Crippen molar-refractivity contribution >= 4 is 10.1 Å². The summed E-state index contributed by atoms with van der Waals surface area (Å²) in [6.45, 7) is -0.385. The topological polar surface area (TPSA) is 93.1 Å². The highest BCUT2D eigenvalue weighted by molar-refractivity contribution is 7.86. The second-order valence-corrected chi connectivity index (χ2v) is 4.48. The van der Waals surface area contributed by atoms with Crippen molar-refractivity contribution in [3.63, 3.8) is 0 Å². The highest BCUT2D eigenvalue weighted by atomic mass is 32.2. The van der Waals surface area contributed by atoms with Crippen LogP contribution in [-0.2, 0) is 19.0 Å². The van der Waals surface area contributed by atoms with Crippen molar-refractivity contribution in [2.45, 2.75) is 18.3 Å². The van der Waals surface area contributed by atoms with E-state index in [1.807, 2.05) is 0 Å². The molecular weight excluding hydrogens is 200 g/mol. The average Bonchev–Trinajstić information content (AvgIpc) is 2.30. The standard InChI is InChI=1S/C6H12O6S/c1-13(9,10)12-5-3-11-4(2-7)6(5)8/h4-8H,2-3H2,1H3. The van der Waals surface area contributed by atoms with E-state index in [-0.39, 0.29) is 13.2 Å². The number of hydrogen-bond acceptors (Lipinski definition) is 6. The van der Waals surface area contributed by atoms with E-state index in [0.29, 0.717) is 0 Å². The van der Waals surface area contributed by atoms with Crippen molar-refractivity contribution in [2.24, 2.45) is 0 Å². The Morgan fingerprint density at radius 1 is 1.62 bits per heavy atom. The molecule has 0 radical (unpaired) electrons. The van der Waals surface area contributed by atoms with Crippen LogP contribution in [0.1, 0.15) is 0 Å². The van der Waals surface area contributed by atoms with E-state index in [0.717, 1.165) is 6.26 Å². The van der Waals surface area contributed by atoms with Crippen LogP contribution in [0.5, 0.6) is 0 Å². The van der Waals surface area contributed by atoms with Gasteiger partial charge in [-0.3, -0.25) is 4.18 Å². The zero-order chi connectivity index (χ0) is 10.1. The molecule has 13 heavy (non-hydrogen) atoms. The summed E-state index contributed by atoms with van der Waals surface area (Å²) in [7, 11) is -3.59. The SMILES string of the molecule is CS(=O)(=O)OC1COC(CO)C1O. The molecule has 1 aliphatic rings. The van der Waals surface area contributed by atoms with Crippen molar-refractivity contribution in [1.29, 1.82) is 0 Å². The van der Waals surface area contributed by atoms with Crippen LogP contribution in [0.25, 0.3) is 0 Å². The van der Waals surface area contributed by atoms with E-state index < -0.39 is 28.4 Å². The maximum Gasteiger partial charge on any atom is 0.264 e. The fourth-order valence-electron chi connectivity index (χ4n) is 1.12. The van der Waals surface area contributed by atoms with Gasteiger partial charge in [-0.15, -0.1) is 0 Å². The van der Waals surface area contributed by atoms with Crippen LogP contribution >= 0.6 is 0 Å². The fraction of sp³-hybridized carbons (Fsp3) is 1.00. The molecular formula is C6H12O6S. The molecule has 0 aromatic rings. The van der Waals surface area contributed by atoms with Crippen molar-refractivity contribution in [2.75, 3.05) is 19.5 Å². The molecule has 1 fully saturated rings. The van der Waals surface area contributed by atoms with E-state index in [2.05, 4.69) is 4.18 Å². The molecule has 0 bridgehead atoms. The highest BCUT2D eigenvalue weighted by Gasteiger charge is 2.38. The van der Waals surface area contributed by atoms with Gasteiger partial charge in [-0.05, 0) is 0 Å². The van der Waals surface area contributed by atoms with E-state index in [4.69, 9.17) is 9.84 Å². The van der Waals surface area contributed by atoms with Gasteiger partial charge in [0, 0.05) is 0 Å². The summed E-state index contributed by atoms with van der Waals surface area (Å²) < 4.78 is 30.8. The molecule has 3 atom stereocenters. The Bertz CT molecular complexity index is 260. The van der Waals surface area contributed by atoms with Gasteiger partial charge < -0.3 is 14.9 Å². The normalized spacial score (nSPS) is 35.2. The van der Waals surface area contributed by atoms with Crippen LogP contribution in [0.3, 0.4) is 0 Å². The Morgan fingerprint density at radius 2 is 2.23 bits per heavy atom. The number of hydrogen-bond donors (Lipinski definition) is 2. The molecule has 0 spiro atoms. The zero-order valence-corrected chi connectivity index (χ0v) is 7.90. The lowest BCUT2D eigenvalue weighted by atomic mass is 10.2. The van der Waals surface area contributed by atoms with Crippen LogP contribution in [0, 0.1) is 0 Å². The lowest BCUT2D eigenvalue weighted by Gasteiger charge is -2.14. The molecule has 1 aliphatic heterocycles. The monoisotopic (exact) mass is 212 g/mol. The van der Waals surface area contributed by atoms with Gasteiger partial charge in [-0.25, -0.2) is 0 Å². The minimum atomic E-state index is -3.59. The van der Waals surface area contributed by atoms with Crippen LogP contribution in [-0.4, -0.2) is 56.4 Å². The lowest BCUT2D eigenvalue weighted by molar-refractivity contribution is -0.00275. The van der Waals surface area contributed by atoms with Gasteiger partial charge in [-0.2, -0.15) is 8.42 Å². The third-order valence-electron chi connectivity index (χ3n) is 1.71. The largest absolute Gasteiger partial charge is 0.394 e. The molecule has 0 aromatic carbocycles. The third-order valence-corrected chi connectivity index (χ3v) is 2.31. The summed E-state index contributed by atoms with van der Waals surface area (Å²) >= 11 is 0. The number of aliphatic hydroxyl groups excluding tert-OH is 2. The Kier molecular flexibility index (Phi) is 3.25. The van der Waals surface area contributed by atoms with Gasteiger partial charge >= 0.3 is 0 Å². The van der Waals surface area contributed by atoms with Gasteiger partial charge in [0.15, 0.2) is 0 Å². The maximum atomic E-state index is 10.7. The second-order valence-electron chi connectivity index (χ2n) is 2.88. The number of rotatable bonds is 3. The molecule has 0 aromatic heterocycles. The first kappa shape index (κ1) is 10.9. The van der Waals surface area contributed by atoms with Gasteiger partial charge in [0.1, 0.15) is 18.3 Å².